The largest absolute Gasteiger partial charge is 0.344 e. The summed E-state index contributed by atoms with van der Waals surface area (Å²) in [7, 11) is -3.13. The van der Waals surface area contributed by atoms with Crippen molar-refractivity contribution in [2.24, 2.45) is 0 Å². The molecule has 0 fully saturated rings. The molecular weight excluding hydrogens is 207 g/mol. The van der Waals surface area contributed by atoms with Gasteiger partial charge >= 0.3 is 0 Å². The molecule has 0 amide bonds. The molecule has 1 unspecified atom stereocenters. The highest BCUT2D eigenvalue weighted by molar-refractivity contribution is 7.58. The second-order valence-electron chi connectivity index (χ2n) is 3.45. The van der Waals surface area contributed by atoms with Gasteiger partial charge in [0.15, 0.2) is 0 Å². The highest BCUT2D eigenvalue weighted by Crippen LogP contribution is 2.43. The van der Waals surface area contributed by atoms with Gasteiger partial charge in [-0.25, -0.2) is 0 Å². The van der Waals surface area contributed by atoms with Crippen LogP contribution in [0.15, 0.2) is 49.6 Å². The molecule has 0 aliphatic carbocycles. The minimum atomic E-state index is -3.13. The smallest absolute Gasteiger partial charge is 0.208 e. The van der Waals surface area contributed by atoms with Crippen LogP contribution in [0.4, 0.5) is 0 Å². The molecule has 2 nitrogen and oxygen atoms in total. The molecule has 0 saturated heterocycles. The zero-order valence-corrected chi connectivity index (χ0v) is 9.49. The Bertz CT molecular complexity index is 395. The summed E-state index contributed by atoms with van der Waals surface area (Å²) in [6.07, 6.45) is 1.74. The highest BCUT2D eigenvalue weighted by atomic mass is 31.2. The van der Waals surface area contributed by atoms with E-state index in [0.29, 0.717) is 5.57 Å². The van der Waals surface area contributed by atoms with E-state index < -0.39 is 7.37 Å². The van der Waals surface area contributed by atoms with Crippen molar-refractivity contribution in [3.63, 3.8) is 0 Å². The fraction of sp³-hybridized carbons (Fsp3) is 0.167. The number of allylic oxidation sites excluding steroid dienone is 2. The van der Waals surface area contributed by atoms with Crippen LogP contribution < -0.4 is 0 Å². The maximum absolute atomic E-state index is 11.6. The summed E-state index contributed by atoms with van der Waals surface area (Å²) >= 11 is 0. The van der Waals surface area contributed by atoms with E-state index >= 15 is 0 Å². The van der Waals surface area contributed by atoms with E-state index in [4.69, 9.17) is 0 Å². The summed E-state index contributed by atoms with van der Waals surface area (Å²) in [5, 5.41) is 0. The third kappa shape index (κ3) is 3.86. The second-order valence-corrected chi connectivity index (χ2v) is 5.82. The monoisotopic (exact) mass is 222 g/mol. The first-order chi connectivity index (χ1) is 7.05. The summed E-state index contributed by atoms with van der Waals surface area (Å²) in [6, 6.07) is 9.44. The topological polar surface area (TPSA) is 37.3 Å². The first-order valence-electron chi connectivity index (χ1n) is 4.70. The minimum Gasteiger partial charge on any atom is -0.344 e. The first-order valence-corrected chi connectivity index (χ1v) is 6.73. The third-order valence-corrected chi connectivity index (χ3v) is 3.74. The lowest BCUT2D eigenvalue weighted by Gasteiger charge is -2.11. The quantitative estimate of drug-likeness (QED) is 0.613. The van der Waals surface area contributed by atoms with Gasteiger partial charge in [0.1, 0.15) is 0 Å². The molecule has 80 valence electrons. The van der Waals surface area contributed by atoms with Gasteiger partial charge in [-0.2, -0.15) is 0 Å². The lowest BCUT2D eigenvalue weighted by molar-refractivity contribution is 0.485. The molecule has 0 radical (unpaired) electrons. The average Bonchev–Trinajstić information content (AvgIpc) is 2.18. The number of hydrogen-bond acceptors (Lipinski definition) is 1. The van der Waals surface area contributed by atoms with Gasteiger partial charge in [-0.15, -0.1) is 6.58 Å². The van der Waals surface area contributed by atoms with Crippen LogP contribution in [-0.2, 0) is 4.57 Å². The van der Waals surface area contributed by atoms with E-state index in [-0.39, 0.29) is 12.3 Å². The average molecular weight is 222 g/mol. The molecule has 0 spiro atoms. The van der Waals surface area contributed by atoms with Gasteiger partial charge in [0.2, 0.25) is 7.37 Å². The van der Waals surface area contributed by atoms with Crippen molar-refractivity contribution >= 4 is 12.9 Å². The molecule has 0 aliphatic heterocycles. The SMILES string of the molecule is C=CCP(=O)(O)CC(=C)c1ccccc1. The van der Waals surface area contributed by atoms with Gasteiger partial charge in [0.25, 0.3) is 0 Å². The molecule has 1 atom stereocenters. The van der Waals surface area contributed by atoms with Crippen LogP contribution >= 0.6 is 7.37 Å². The molecular formula is C12H15O2P. The van der Waals surface area contributed by atoms with Gasteiger partial charge in [0.05, 0.1) is 0 Å². The molecule has 1 aromatic rings. The van der Waals surface area contributed by atoms with E-state index in [9.17, 15) is 9.46 Å². The van der Waals surface area contributed by atoms with E-state index in [1.807, 2.05) is 30.3 Å². The number of rotatable bonds is 5. The molecule has 0 heterocycles. The van der Waals surface area contributed by atoms with Crippen LogP contribution in [0.5, 0.6) is 0 Å². The Labute approximate surface area is 90.4 Å². The van der Waals surface area contributed by atoms with Crippen molar-refractivity contribution in [3.8, 4) is 0 Å². The molecule has 1 rings (SSSR count). The molecule has 0 aromatic heterocycles. The van der Waals surface area contributed by atoms with Gasteiger partial charge in [-0.1, -0.05) is 43.0 Å². The summed E-state index contributed by atoms with van der Waals surface area (Å²) in [5.74, 6) is 0. The van der Waals surface area contributed by atoms with Crippen molar-refractivity contribution in [1.29, 1.82) is 0 Å². The van der Waals surface area contributed by atoms with Crippen molar-refractivity contribution in [1.82, 2.24) is 0 Å². The number of hydrogen-bond donors (Lipinski definition) is 1. The Morgan fingerprint density at radius 3 is 2.53 bits per heavy atom. The van der Waals surface area contributed by atoms with E-state index in [1.54, 1.807) is 0 Å². The fourth-order valence-electron chi connectivity index (χ4n) is 1.33. The Kier molecular flexibility index (Phi) is 4.07. The summed E-state index contributed by atoms with van der Waals surface area (Å²) in [6.45, 7) is 7.29. The Hall–Kier alpha value is -1.11. The van der Waals surface area contributed by atoms with Crippen molar-refractivity contribution in [2.75, 3.05) is 12.3 Å². The molecule has 15 heavy (non-hydrogen) atoms. The Balaban J connectivity index is 2.72. The second kappa shape index (κ2) is 5.11. The summed E-state index contributed by atoms with van der Waals surface area (Å²) in [5.41, 5.74) is 1.61. The third-order valence-electron chi connectivity index (χ3n) is 2.03. The Morgan fingerprint density at radius 2 is 2.00 bits per heavy atom. The van der Waals surface area contributed by atoms with E-state index in [2.05, 4.69) is 13.2 Å². The molecule has 3 heteroatoms. The molecule has 1 aromatic carbocycles. The highest BCUT2D eigenvalue weighted by Gasteiger charge is 2.17. The maximum atomic E-state index is 11.6. The van der Waals surface area contributed by atoms with Crippen LogP contribution in [0.3, 0.4) is 0 Å². The van der Waals surface area contributed by atoms with Crippen LogP contribution in [0, 0.1) is 0 Å². The predicted molar refractivity (Wildman–Crippen MR) is 65.2 cm³/mol. The fourth-order valence-corrected chi connectivity index (χ4v) is 2.64. The predicted octanol–water partition coefficient (Wildman–Crippen LogP) is 3.16. The lowest BCUT2D eigenvalue weighted by atomic mass is 10.1. The molecule has 1 N–H and O–H groups in total. The minimum absolute atomic E-state index is 0.128. The van der Waals surface area contributed by atoms with Gasteiger partial charge < -0.3 is 4.89 Å². The maximum Gasteiger partial charge on any atom is 0.208 e. The van der Waals surface area contributed by atoms with E-state index in [1.165, 1.54) is 6.08 Å². The number of benzene rings is 1. The van der Waals surface area contributed by atoms with Crippen molar-refractivity contribution < 1.29 is 9.46 Å². The summed E-state index contributed by atoms with van der Waals surface area (Å²) in [4.78, 5) is 9.57. The molecule has 0 bridgehead atoms. The van der Waals surface area contributed by atoms with Gasteiger partial charge in [-0.05, 0) is 11.1 Å². The van der Waals surface area contributed by atoms with E-state index in [0.717, 1.165) is 5.56 Å². The van der Waals surface area contributed by atoms with Crippen LogP contribution in [0.2, 0.25) is 0 Å². The Morgan fingerprint density at radius 1 is 1.40 bits per heavy atom. The normalized spacial score (nSPS) is 14.2. The first kappa shape index (κ1) is 12.0. The van der Waals surface area contributed by atoms with Gasteiger partial charge in [-0.3, -0.25) is 4.57 Å². The van der Waals surface area contributed by atoms with Crippen LogP contribution in [0.25, 0.3) is 5.57 Å². The lowest BCUT2D eigenvalue weighted by Crippen LogP contribution is -1.95. The molecule has 0 saturated carbocycles. The van der Waals surface area contributed by atoms with Crippen molar-refractivity contribution in [3.05, 3.63) is 55.1 Å². The zero-order valence-electron chi connectivity index (χ0n) is 8.60. The van der Waals surface area contributed by atoms with Crippen LogP contribution in [0.1, 0.15) is 5.56 Å². The van der Waals surface area contributed by atoms with Crippen LogP contribution in [-0.4, -0.2) is 17.2 Å². The summed E-state index contributed by atoms with van der Waals surface area (Å²) < 4.78 is 11.6. The standard InChI is InChI=1S/C12H15O2P/c1-3-9-15(13,14)10-11(2)12-7-5-4-6-8-12/h3-8H,1-2,9-10H2,(H,13,14). The zero-order chi connectivity index (χ0) is 11.3. The van der Waals surface area contributed by atoms with Gasteiger partial charge in [0, 0.05) is 12.3 Å². The van der Waals surface area contributed by atoms with Crippen molar-refractivity contribution in [2.45, 2.75) is 0 Å². The molecule has 0 aliphatic rings.